The van der Waals surface area contributed by atoms with E-state index in [9.17, 15) is 13.6 Å². The molecule has 0 saturated heterocycles. The molecule has 6 nitrogen and oxygen atoms in total. The number of aromatic nitrogens is 4. The summed E-state index contributed by atoms with van der Waals surface area (Å²) < 4.78 is 28.2. The molecule has 25 heavy (non-hydrogen) atoms. The second-order valence-corrected chi connectivity index (χ2v) is 6.12. The lowest BCUT2D eigenvalue weighted by atomic mass is 10.2. The number of benzene rings is 2. The Labute approximate surface area is 150 Å². The number of carbonyl (C=O) groups is 1. The first-order chi connectivity index (χ1) is 12.0. The molecule has 9 heteroatoms. The molecule has 1 N–H and O–H groups in total. The average Bonchev–Trinajstić information content (AvgIpc) is 3.08. The number of carbonyl (C=O) groups excluding carboxylic acids is 1. The molecule has 3 rings (SSSR count). The third kappa shape index (κ3) is 3.71. The highest BCUT2D eigenvalue weighted by atomic mass is 79.9. The first-order valence-corrected chi connectivity index (χ1v) is 8.05. The molecule has 1 heterocycles. The van der Waals surface area contributed by atoms with Gasteiger partial charge in [0.05, 0.1) is 0 Å². The van der Waals surface area contributed by atoms with Crippen molar-refractivity contribution in [3.63, 3.8) is 0 Å². The standard InChI is InChI=1S/C16H12BrF2N5O/c1-9(16(25)20-14-12(18)3-2-4-13(14)19)24-22-15(21-23-24)10-5-7-11(17)8-6-10/h2-9H,1H3,(H,20,25). The van der Waals surface area contributed by atoms with E-state index in [0.29, 0.717) is 5.82 Å². The molecule has 1 unspecified atom stereocenters. The van der Waals surface area contributed by atoms with Crippen LogP contribution >= 0.6 is 15.9 Å². The SMILES string of the molecule is CC(C(=O)Nc1c(F)cccc1F)n1nnc(-c2ccc(Br)cc2)n1. The Bertz CT molecular complexity index is 893. The Hall–Kier alpha value is -2.68. The van der Waals surface area contributed by atoms with Gasteiger partial charge in [0.15, 0.2) is 0 Å². The van der Waals surface area contributed by atoms with Crippen LogP contribution in [0.2, 0.25) is 0 Å². The van der Waals surface area contributed by atoms with E-state index in [0.717, 1.165) is 27.0 Å². The Morgan fingerprint density at radius 1 is 1.16 bits per heavy atom. The fourth-order valence-corrected chi connectivity index (χ4v) is 2.32. The zero-order valence-corrected chi connectivity index (χ0v) is 14.5. The van der Waals surface area contributed by atoms with Crippen molar-refractivity contribution in [3.05, 3.63) is 58.6 Å². The van der Waals surface area contributed by atoms with Crippen molar-refractivity contribution in [2.75, 3.05) is 5.32 Å². The summed E-state index contributed by atoms with van der Waals surface area (Å²) in [5.41, 5.74) is 0.217. The van der Waals surface area contributed by atoms with Gasteiger partial charge in [0.25, 0.3) is 5.91 Å². The zero-order chi connectivity index (χ0) is 18.0. The molecule has 0 bridgehead atoms. The predicted octanol–water partition coefficient (Wildman–Crippen LogP) is 3.58. The third-order valence-electron chi connectivity index (χ3n) is 3.47. The first kappa shape index (κ1) is 17.2. The molecular formula is C16H12BrF2N5O. The summed E-state index contributed by atoms with van der Waals surface area (Å²) in [7, 11) is 0. The maximum atomic E-state index is 13.6. The molecule has 3 aromatic rings. The number of nitrogens with zero attached hydrogens (tertiary/aromatic N) is 4. The molecule has 1 atom stereocenters. The molecule has 0 radical (unpaired) electrons. The predicted molar refractivity (Wildman–Crippen MR) is 90.7 cm³/mol. The first-order valence-electron chi connectivity index (χ1n) is 7.26. The Morgan fingerprint density at radius 3 is 2.44 bits per heavy atom. The number of amides is 1. The number of hydrogen-bond donors (Lipinski definition) is 1. The number of halogens is 3. The maximum Gasteiger partial charge on any atom is 0.251 e. The molecule has 0 fully saturated rings. The van der Waals surface area contributed by atoms with Crippen molar-refractivity contribution in [2.24, 2.45) is 0 Å². The molecule has 0 spiro atoms. The fourth-order valence-electron chi connectivity index (χ4n) is 2.05. The fraction of sp³-hybridized carbons (Fsp3) is 0.125. The molecule has 128 valence electrons. The van der Waals surface area contributed by atoms with E-state index in [1.165, 1.54) is 13.0 Å². The van der Waals surface area contributed by atoms with Gasteiger partial charge in [-0.3, -0.25) is 4.79 Å². The lowest BCUT2D eigenvalue weighted by Crippen LogP contribution is -2.26. The largest absolute Gasteiger partial charge is 0.319 e. The van der Waals surface area contributed by atoms with Crippen LogP contribution in [-0.2, 0) is 4.79 Å². The number of hydrogen-bond acceptors (Lipinski definition) is 4. The number of nitrogens with one attached hydrogen (secondary N) is 1. The van der Waals surface area contributed by atoms with E-state index < -0.39 is 29.3 Å². The lowest BCUT2D eigenvalue weighted by Gasteiger charge is -2.11. The van der Waals surface area contributed by atoms with Gasteiger partial charge in [0, 0.05) is 10.0 Å². The van der Waals surface area contributed by atoms with Crippen LogP contribution in [0.4, 0.5) is 14.5 Å². The monoisotopic (exact) mass is 407 g/mol. The van der Waals surface area contributed by atoms with Crippen molar-refractivity contribution in [1.29, 1.82) is 0 Å². The van der Waals surface area contributed by atoms with Crippen LogP contribution in [0.15, 0.2) is 46.9 Å². The van der Waals surface area contributed by atoms with E-state index in [1.54, 1.807) is 12.1 Å². The van der Waals surface area contributed by atoms with Gasteiger partial charge in [-0.1, -0.05) is 22.0 Å². The van der Waals surface area contributed by atoms with Gasteiger partial charge in [0.1, 0.15) is 23.4 Å². The summed E-state index contributed by atoms with van der Waals surface area (Å²) in [6, 6.07) is 9.67. The average molecular weight is 408 g/mol. The Kier molecular flexibility index (Phi) is 4.84. The molecule has 0 aliphatic carbocycles. The van der Waals surface area contributed by atoms with Crippen LogP contribution in [0.1, 0.15) is 13.0 Å². The van der Waals surface area contributed by atoms with Crippen molar-refractivity contribution < 1.29 is 13.6 Å². The topological polar surface area (TPSA) is 72.7 Å². The highest BCUT2D eigenvalue weighted by Gasteiger charge is 2.21. The van der Waals surface area contributed by atoms with Crippen LogP contribution in [0, 0.1) is 11.6 Å². The normalized spacial score (nSPS) is 12.0. The molecule has 0 aliphatic heterocycles. The summed E-state index contributed by atoms with van der Waals surface area (Å²) in [5.74, 6) is -2.04. The van der Waals surface area contributed by atoms with Gasteiger partial charge < -0.3 is 5.32 Å². The molecule has 0 aliphatic rings. The van der Waals surface area contributed by atoms with Gasteiger partial charge >= 0.3 is 0 Å². The van der Waals surface area contributed by atoms with Crippen LogP contribution < -0.4 is 5.32 Å². The van der Waals surface area contributed by atoms with E-state index in [4.69, 9.17) is 0 Å². The minimum Gasteiger partial charge on any atom is -0.319 e. The summed E-state index contributed by atoms with van der Waals surface area (Å²) in [6.45, 7) is 1.50. The molecule has 1 aromatic heterocycles. The smallest absolute Gasteiger partial charge is 0.251 e. The van der Waals surface area contributed by atoms with Crippen LogP contribution in [0.25, 0.3) is 11.4 Å². The van der Waals surface area contributed by atoms with Crippen molar-refractivity contribution in [1.82, 2.24) is 20.2 Å². The van der Waals surface area contributed by atoms with E-state index in [-0.39, 0.29) is 0 Å². The van der Waals surface area contributed by atoms with Crippen LogP contribution in [0.5, 0.6) is 0 Å². The minimum atomic E-state index is -0.907. The highest BCUT2D eigenvalue weighted by Crippen LogP contribution is 2.21. The number of rotatable bonds is 4. The van der Waals surface area contributed by atoms with E-state index in [1.807, 2.05) is 12.1 Å². The molecule has 2 aromatic carbocycles. The Balaban J connectivity index is 1.78. The highest BCUT2D eigenvalue weighted by molar-refractivity contribution is 9.10. The van der Waals surface area contributed by atoms with Gasteiger partial charge in [0.2, 0.25) is 5.82 Å². The van der Waals surface area contributed by atoms with Crippen LogP contribution in [-0.4, -0.2) is 26.1 Å². The van der Waals surface area contributed by atoms with E-state index >= 15 is 0 Å². The van der Waals surface area contributed by atoms with Crippen molar-refractivity contribution >= 4 is 27.5 Å². The van der Waals surface area contributed by atoms with Gasteiger partial charge in [-0.15, -0.1) is 10.2 Å². The Morgan fingerprint density at radius 2 is 1.80 bits per heavy atom. The molecular weight excluding hydrogens is 396 g/mol. The quantitative estimate of drug-likeness (QED) is 0.717. The minimum absolute atomic E-state index is 0.337. The second-order valence-electron chi connectivity index (χ2n) is 5.20. The number of para-hydroxylation sites is 1. The van der Waals surface area contributed by atoms with Crippen molar-refractivity contribution in [2.45, 2.75) is 13.0 Å². The number of tetrazole rings is 1. The second kappa shape index (κ2) is 7.06. The van der Waals surface area contributed by atoms with Crippen molar-refractivity contribution in [3.8, 4) is 11.4 Å². The summed E-state index contributed by atoms with van der Waals surface area (Å²) in [4.78, 5) is 13.3. The van der Waals surface area contributed by atoms with Gasteiger partial charge in [-0.2, -0.15) is 4.80 Å². The molecule has 0 saturated carbocycles. The number of anilines is 1. The van der Waals surface area contributed by atoms with Crippen LogP contribution in [0.3, 0.4) is 0 Å². The van der Waals surface area contributed by atoms with Gasteiger partial charge in [-0.05, 0) is 48.5 Å². The summed E-state index contributed by atoms with van der Waals surface area (Å²) in [6.07, 6.45) is 0. The maximum absolute atomic E-state index is 13.6. The molecule has 1 amide bonds. The zero-order valence-electron chi connectivity index (χ0n) is 12.9. The van der Waals surface area contributed by atoms with E-state index in [2.05, 4.69) is 36.7 Å². The summed E-state index contributed by atoms with van der Waals surface area (Å²) >= 11 is 3.33. The van der Waals surface area contributed by atoms with Gasteiger partial charge in [-0.25, -0.2) is 8.78 Å². The lowest BCUT2D eigenvalue weighted by molar-refractivity contribution is -0.119. The third-order valence-corrected chi connectivity index (χ3v) is 4.00. The summed E-state index contributed by atoms with van der Waals surface area (Å²) in [5, 5.41) is 14.1.